The lowest BCUT2D eigenvalue weighted by atomic mass is 9.92. The largest absolute Gasteiger partial charge is 0.393 e. The first-order chi connectivity index (χ1) is 9.77. The predicted molar refractivity (Wildman–Crippen MR) is 71.1 cm³/mol. The zero-order valence-corrected chi connectivity index (χ0v) is 11.5. The van der Waals surface area contributed by atoms with Crippen LogP contribution in [0.15, 0.2) is 30.3 Å². The Morgan fingerprint density at radius 3 is 2.85 bits per heavy atom. The van der Waals surface area contributed by atoms with Gasteiger partial charge in [-0.1, -0.05) is 30.3 Å². The van der Waals surface area contributed by atoms with Crippen molar-refractivity contribution in [2.45, 2.75) is 37.1 Å². The summed E-state index contributed by atoms with van der Waals surface area (Å²) in [7, 11) is 1.60. The lowest BCUT2D eigenvalue weighted by Gasteiger charge is -2.40. The van der Waals surface area contributed by atoms with Crippen molar-refractivity contribution >= 4 is 0 Å². The maximum Gasteiger partial charge on any atom is 0.160 e. The molecule has 2 aliphatic heterocycles. The molecule has 20 heavy (non-hydrogen) atoms. The molecule has 1 N–H and O–H groups in total. The fourth-order valence-electron chi connectivity index (χ4n) is 2.89. The minimum atomic E-state index is -0.807. The van der Waals surface area contributed by atoms with E-state index in [0.29, 0.717) is 19.6 Å². The molecule has 0 radical (unpaired) electrons. The van der Waals surface area contributed by atoms with Crippen molar-refractivity contribution in [3.63, 3.8) is 0 Å². The van der Waals surface area contributed by atoms with Crippen LogP contribution in [-0.4, -0.2) is 49.5 Å². The van der Waals surface area contributed by atoms with Crippen molar-refractivity contribution < 1.29 is 24.1 Å². The van der Waals surface area contributed by atoms with Crippen LogP contribution < -0.4 is 0 Å². The Bertz CT molecular complexity index is 437. The van der Waals surface area contributed by atoms with E-state index in [9.17, 15) is 5.11 Å². The van der Waals surface area contributed by atoms with Gasteiger partial charge in [0.2, 0.25) is 0 Å². The summed E-state index contributed by atoms with van der Waals surface area (Å²) in [5, 5.41) is 9.71. The Balaban J connectivity index is 1.69. The highest BCUT2D eigenvalue weighted by Crippen LogP contribution is 2.39. The van der Waals surface area contributed by atoms with Crippen LogP contribution in [0.1, 0.15) is 12.0 Å². The number of benzene rings is 1. The zero-order chi connectivity index (χ0) is 14.0. The van der Waals surface area contributed by atoms with Crippen LogP contribution in [0.2, 0.25) is 0 Å². The highest BCUT2D eigenvalue weighted by molar-refractivity contribution is 5.14. The molecular formula is C15H20O5. The third kappa shape index (κ3) is 2.47. The smallest absolute Gasteiger partial charge is 0.160 e. The summed E-state index contributed by atoms with van der Waals surface area (Å²) in [6, 6.07) is 9.94. The molecule has 4 atom stereocenters. The van der Waals surface area contributed by atoms with Crippen LogP contribution in [-0.2, 0) is 25.6 Å². The first-order valence-electron chi connectivity index (χ1n) is 6.86. The van der Waals surface area contributed by atoms with E-state index in [4.69, 9.17) is 18.9 Å². The molecule has 5 heteroatoms. The number of methoxy groups -OCH3 is 1. The number of hydrogen-bond donors (Lipinski definition) is 1. The van der Waals surface area contributed by atoms with E-state index < -0.39 is 5.60 Å². The highest BCUT2D eigenvalue weighted by atomic mass is 16.7. The average Bonchev–Trinajstić information content (AvgIpc) is 2.72. The van der Waals surface area contributed by atoms with E-state index in [0.717, 1.165) is 5.56 Å². The van der Waals surface area contributed by atoms with Crippen LogP contribution in [0.3, 0.4) is 0 Å². The van der Waals surface area contributed by atoms with Gasteiger partial charge in [0, 0.05) is 13.5 Å². The molecule has 0 aliphatic carbocycles. The van der Waals surface area contributed by atoms with Gasteiger partial charge in [0.25, 0.3) is 0 Å². The maximum atomic E-state index is 9.71. The fraction of sp³-hybridized carbons (Fsp3) is 0.600. The van der Waals surface area contributed by atoms with Gasteiger partial charge < -0.3 is 24.1 Å². The predicted octanol–water partition coefficient (Wildman–Crippen LogP) is 1.09. The molecular weight excluding hydrogens is 260 g/mol. The first-order valence-corrected chi connectivity index (χ1v) is 6.86. The fourth-order valence-corrected chi connectivity index (χ4v) is 2.89. The van der Waals surface area contributed by atoms with Crippen molar-refractivity contribution in [2.24, 2.45) is 0 Å². The van der Waals surface area contributed by atoms with Crippen molar-refractivity contribution in [3.05, 3.63) is 35.9 Å². The van der Waals surface area contributed by atoms with Gasteiger partial charge in [-0.25, -0.2) is 0 Å². The van der Waals surface area contributed by atoms with Crippen LogP contribution in [0.25, 0.3) is 0 Å². The van der Waals surface area contributed by atoms with Crippen molar-refractivity contribution in [1.82, 2.24) is 0 Å². The molecule has 5 nitrogen and oxygen atoms in total. The molecule has 2 fully saturated rings. The van der Waals surface area contributed by atoms with Gasteiger partial charge in [0.1, 0.15) is 11.7 Å². The van der Waals surface area contributed by atoms with Crippen LogP contribution >= 0.6 is 0 Å². The molecule has 2 heterocycles. The van der Waals surface area contributed by atoms with E-state index in [1.54, 1.807) is 7.11 Å². The summed E-state index contributed by atoms with van der Waals surface area (Å²) in [4.78, 5) is 0. The molecule has 110 valence electrons. The molecule has 0 amide bonds. The van der Waals surface area contributed by atoms with Gasteiger partial charge in [-0.3, -0.25) is 0 Å². The normalized spacial score (nSPS) is 36.2. The average molecular weight is 280 g/mol. The Morgan fingerprint density at radius 2 is 2.15 bits per heavy atom. The van der Waals surface area contributed by atoms with E-state index in [1.807, 2.05) is 30.3 Å². The van der Waals surface area contributed by atoms with Crippen molar-refractivity contribution in [1.29, 1.82) is 0 Å². The lowest BCUT2D eigenvalue weighted by molar-refractivity contribution is -0.266. The number of rotatable bonds is 5. The molecule has 2 aliphatic rings. The quantitative estimate of drug-likeness (QED) is 0.875. The highest BCUT2D eigenvalue weighted by Gasteiger charge is 2.57. The first kappa shape index (κ1) is 14.0. The zero-order valence-electron chi connectivity index (χ0n) is 11.5. The summed E-state index contributed by atoms with van der Waals surface area (Å²) in [6.07, 6.45) is -0.0764. The van der Waals surface area contributed by atoms with Gasteiger partial charge in [-0.2, -0.15) is 0 Å². The molecule has 0 spiro atoms. The van der Waals surface area contributed by atoms with E-state index in [-0.39, 0.29) is 25.1 Å². The number of fused-ring (bicyclic) bond motifs is 2. The van der Waals surface area contributed by atoms with Crippen LogP contribution in [0, 0.1) is 0 Å². The van der Waals surface area contributed by atoms with Gasteiger partial charge in [0.15, 0.2) is 6.29 Å². The third-order valence-electron chi connectivity index (χ3n) is 3.99. The molecule has 1 unspecified atom stereocenters. The minimum absolute atomic E-state index is 0.0930. The molecule has 1 aromatic rings. The Morgan fingerprint density at radius 1 is 1.35 bits per heavy atom. The summed E-state index contributed by atoms with van der Waals surface area (Å²) in [6.45, 7) is 0.685. The van der Waals surface area contributed by atoms with E-state index >= 15 is 0 Å². The summed E-state index contributed by atoms with van der Waals surface area (Å²) < 4.78 is 22.8. The van der Waals surface area contributed by atoms with Gasteiger partial charge in [0.05, 0.1) is 25.9 Å². The molecule has 3 rings (SSSR count). The number of aliphatic hydroxyl groups excluding tert-OH is 1. The summed E-state index contributed by atoms with van der Waals surface area (Å²) >= 11 is 0. The van der Waals surface area contributed by atoms with Gasteiger partial charge >= 0.3 is 0 Å². The summed E-state index contributed by atoms with van der Waals surface area (Å²) in [5.41, 5.74) is 0.284. The van der Waals surface area contributed by atoms with Crippen LogP contribution in [0.4, 0.5) is 0 Å². The second kappa shape index (κ2) is 5.79. The molecule has 2 saturated heterocycles. The lowest BCUT2D eigenvalue weighted by Crippen LogP contribution is -2.57. The van der Waals surface area contributed by atoms with E-state index in [2.05, 4.69) is 0 Å². The maximum absolute atomic E-state index is 9.71. The topological polar surface area (TPSA) is 57.2 Å². The number of aliphatic hydroxyl groups is 1. The van der Waals surface area contributed by atoms with Crippen molar-refractivity contribution in [2.75, 3.05) is 20.3 Å². The van der Waals surface area contributed by atoms with Crippen molar-refractivity contribution in [3.8, 4) is 0 Å². The number of ether oxygens (including phenoxy) is 4. The Labute approximate surface area is 118 Å². The van der Waals surface area contributed by atoms with E-state index in [1.165, 1.54) is 0 Å². The van der Waals surface area contributed by atoms with Gasteiger partial charge in [-0.15, -0.1) is 0 Å². The standard InChI is InChI=1S/C15H20O5/c1-17-13-7-12-14(15(9-16,20-13)10-19-12)18-8-11-5-3-2-4-6-11/h2-6,12-14,16H,7-10H2,1H3/t12?,13-,14-,15-/m0/s1. The second-order valence-corrected chi connectivity index (χ2v) is 5.31. The number of hydrogen-bond acceptors (Lipinski definition) is 5. The molecule has 0 aromatic heterocycles. The van der Waals surface area contributed by atoms with Crippen LogP contribution in [0.5, 0.6) is 0 Å². The second-order valence-electron chi connectivity index (χ2n) is 5.31. The monoisotopic (exact) mass is 280 g/mol. The van der Waals surface area contributed by atoms with Gasteiger partial charge in [-0.05, 0) is 5.56 Å². The molecule has 0 saturated carbocycles. The SMILES string of the molecule is CO[C@@H]1CC2OC[C@](CO)(O1)[C@H]2OCc1ccccc1. The Kier molecular flexibility index (Phi) is 4.05. The Hall–Kier alpha value is -0.980. The molecule has 1 aromatic carbocycles. The molecule has 2 bridgehead atoms. The minimum Gasteiger partial charge on any atom is -0.393 e. The third-order valence-corrected chi connectivity index (χ3v) is 3.99. The summed E-state index contributed by atoms with van der Waals surface area (Å²) in [5.74, 6) is 0.